The van der Waals surface area contributed by atoms with Crippen LogP contribution in [0.4, 0.5) is 15.8 Å². The number of amides is 2. The molecule has 2 amide bonds. The smallest absolute Gasteiger partial charge is 0.224 e. The first-order valence-electron chi connectivity index (χ1n) is 7.41. The zero-order chi connectivity index (χ0) is 15.2. The molecule has 0 atom stereocenters. The van der Waals surface area contributed by atoms with Gasteiger partial charge in [-0.1, -0.05) is 19.3 Å². The van der Waals surface area contributed by atoms with Gasteiger partial charge in [0, 0.05) is 19.0 Å². The monoisotopic (exact) mass is 292 g/mol. The predicted octanol–water partition coefficient (Wildman–Crippen LogP) is 3.69. The number of hydrogen-bond donors (Lipinski definition) is 2. The molecule has 2 rings (SSSR count). The summed E-state index contributed by atoms with van der Waals surface area (Å²) in [5, 5.41) is 5.18. The van der Waals surface area contributed by atoms with Crippen molar-refractivity contribution in [2.75, 3.05) is 10.6 Å². The van der Waals surface area contributed by atoms with Crippen LogP contribution in [0.1, 0.15) is 45.4 Å². The topological polar surface area (TPSA) is 58.2 Å². The Bertz CT molecular complexity index is 525. The van der Waals surface area contributed by atoms with Gasteiger partial charge in [-0.05, 0) is 37.0 Å². The Labute approximate surface area is 124 Å². The molecule has 1 aliphatic rings. The Hall–Kier alpha value is -1.91. The summed E-state index contributed by atoms with van der Waals surface area (Å²) in [6, 6.07) is 4.14. The van der Waals surface area contributed by atoms with Crippen LogP contribution in [0.2, 0.25) is 0 Å². The Morgan fingerprint density at radius 2 is 1.90 bits per heavy atom. The van der Waals surface area contributed by atoms with Crippen molar-refractivity contribution in [3.63, 3.8) is 0 Å². The first-order chi connectivity index (χ1) is 10.0. The van der Waals surface area contributed by atoms with Crippen LogP contribution in [0.3, 0.4) is 0 Å². The van der Waals surface area contributed by atoms with E-state index in [0.29, 0.717) is 18.0 Å². The maximum absolute atomic E-state index is 13.7. The molecule has 1 aromatic rings. The zero-order valence-corrected chi connectivity index (χ0v) is 12.2. The van der Waals surface area contributed by atoms with Gasteiger partial charge >= 0.3 is 0 Å². The number of rotatable bonds is 4. The second-order valence-electron chi connectivity index (χ2n) is 5.63. The molecule has 21 heavy (non-hydrogen) atoms. The van der Waals surface area contributed by atoms with Gasteiger partial charge < -0.3 is 10.6 Å². The highest BCUT2D eigenvalue weighted by Crippen LogP contribution is 2.27. The Morgan fingerprint density at radius 3 is 2.57 bits per heavy atom. The minimum Gasteiger partial charge on any atom is -0.326 e. The molecule has 0 aromatic heterocycles. The van der Waals surface area contributed by atoms with E-state index in [1.165, 1.54) is 44.4 Å². The van der Waals surface area contributed by atoms with Gasteiger partial charge in [-0.25, -0.2) is 4.39 Å². The molecule has 0 aliphatic heterocycles. The molecule has 1 aliphatic carbocycles. The number of halogens is 1. The fraction of sp³-hybridized carbons (Fsp3) is 0.500. The molecule has 0 heterocycles. The lowest BCUT2D eigenvalue weighted by Crippen LogP contribution is -2.19. The fourth-order valence-electron chi connectivity index (χ4n) is 2.76. The van der Waals surface area contributed by atoms with Crippen LogP contribution < -0.4 is 10.6 Å². The number of carbonyl (C=O) groups is 2. The van der Waals surface area contributed by atoms with Crippen LogP contribution in [0.15, 0.2) is 18.2 Å². The third-order valence-corrected chi connectivity index (χ3v) is 3.76. The SMILES string of the molecule is CC(=O)Nc1ccc(F)c(NC(=O)CC2CCCCC2)c1. The van der Waals surface area contributed by atoms with E-state index in [0.717, 1.165) is 12.8 Å². The van der Waals surface area contributed by atoms with Crippen molar-refractivity contribution < 1.29 is 14.0 Å². The van der Waals surface area contributed by atoms with Gasteiger partial charge in [0.15, 0.2) is 0 Å². The Balaban J connectivity index is 1.97. The molecule has 5 heteroatoms. The van der Waals surface area contributed by atoms with E-state index >= 15 is 0 Å². The van der Waals surface area contributed by atoms with E-state index in [1.54, 1.807) is 0 Å². The Kier molecular flexibility index (Phi) is 5.31. The van der Waals surface area contributed by atoms with Gasteiger partial charge in [-0.3, -0.25) is 9.59 Å². The molecule has 114 valence electrons. The van der Waals surface area contributed by atoms with Gasteiger partial charge in [-0.15, -0.1) is 0 Å². The van der Waals surface area contributed by atoms with Gasteiger partial charge in [-0.2, -0.15) is 0 Å². The minimum atomic E-state index is -0.499. The van der Waals surface area contributed by atoms with Crippen LogP contribution in [-0.4, -0.2) is 11.8 Å². The van der Waals surface area contributed by atoms with Crippen molar-refractivity contribution in [3.05, 3.63) is 24.0 Å². The summed E-state index contributed by atoms with van der Waals surface area (Å²) < 4.78 is 13.7. The predicted molar refractivity (Wildman–Crippen MR) is 80.5 cm³/mol. The molecule has 2 N–H and O–H groups in total. The third-order valence-electron chi connectivity index (χ3n) is 3.76. The van der Waals surface area contributed by atoms with Gasteiger partial charge in [0.25, 0.3) is 0 Å². The van der Waals surface area contributed by atoms with Crippen LogP contribution in [0, 0.1) is 11.7 Å². The maximum atomic E-state index is 13.7. The highest BCUT2D eigenvalue weighted by atomic mass is 19.1. The number of nitrogens with one attached hydrogen (secondary N) is 2. The van der Waals surface area contributed by atoms with E-state index in [2.05, 4.69) is 10.6 Å². The summed E-state index contributed by atoms with van der Waals surface area (Å²) in [5.41, 5.74) is 0.582. The van der Waals surface area contributed by atoms with Crippen molar-refractivity contribution in [2.45, 2.75) is 45.4 Å². The molecule has 0 radical (unpaired) electrons. The molecule has 0 spiro atoms. The van der Waals surface area contributed by atoms with Crippen LogP contribution in [0.25, 0.3) is 0 Å². The van der Waals surface area contributed by atoms with E-state index in [4.69, 9.17) is 0 Å². The molecular weight excluding hydrogens is 271 g/mol. The van der Waals surface area contributed by atoms with Gasteiger partial charge in [0.2, 0.25) is 11.8 Å². The maximum Gasteiger partial charge on any atom is 0.224 e. The van der Waals surface area contributed by atoms with Crippen molar-refractivity contribution in [1.29, 1.82) is 0 Å². The minimum absolute atomic E-state index is 0.113. The van der Waals surface area contributed by atoms with E-state index in [-0.39, 0.29) is 17.5 Å². The summed E-state index contributed by atoms with van der Waals surface area (Å²) in [5.74, 6) is -0.497. The molecule has 1 fully saturated rings. The highest BCUT2D eigenvalue weighted by Gasteiger charge is 2.18. The van der Waals surface area contributed by atoms with Crippen molar-refractivity contribution in [2.24, 2.45) is 5.92 Å². The molecular formula is C16H21FN2O2. The molecule has 0 bridgehead atoms. The summed E-state index contributed by atoms with van der Waals surface area (Å²) in [7, 11) is 0. The van der Waals surface area contributed by atoms with Crippen LogP contribution in [-0.2, 0) is 9.59 Å². The lowest BCUT2D eigenvalue weighted by Gasteiger charge is -2.21. The average Bonchev–Trinajstić information content (AvgIpc) is 2.43. The molecule has 4 nitrogen and oxygen atoms in total. The van der Waals surface area contributed by atoms with Gasteiger partial charge in [0.05, 0.1) is 5.69 Å². The lowest BCUT2D eigenvalue weighted by atomic mass is 9.87. The quantitative estimate of drug-likeness (QED) is 0.889. The second kappa shape index (κ2) is 7.20. The van der Waals surface area contributed by atoms with Crippen LogP contribution in [0.5, 0.6) is 0 Å². The molecule has 1 saturated carbocycles. The van der Waals surface area contributed by atoms with E-state index in [9.17, 15) is 14.0 Å². The van der Waals surface area contributed by atoms with Crippen molar-refractivity contribution >= 4 is 23.2 Å². The first-order valence-corrected chi connectivity index (χ1v) is 7.41. The summed E-state index contributed by atoms with van der Waals surface area (Å²) in [4.78, 5) is 23.0. The van der Waals surface area contributed by atoms with Crippen molar-refractivity contribution in [1.82, 2.24) is 0 Å². The number of anilines is 2. The summed E-state index contributed by atoms with van der Waals surface area (Å²) >= 11 is 0. The number of benzene rings is 1. The summed E-state index contributed by atoms with van der Waals surface area (Å²) in [6.07, 6.45) is 6.16. The number of carbonyl (C=O) groups excluding carboxylic acids is 2. The largest absolute Gasteiger partial charge is 0.326 e. The van der Waals surface area contributed by atoms with E-state index < -0.39 is 5.82 Å². The number of hydrogen-bond acceptors (Lipinski definition) is 2. The average molecular weight is 292 g/mol. The highest BCUT2D eigenvalue weighted by molar-refractivity contribution is 5.93. The van der Waals surface area contributed by atoms with Gasteiger partial charge in [0.1, 0.15) is 5.82 Å². The second-order valence-corrected chi connectivity index (χ2v) is 5.63. The van der Waals surface area contributed by atoms with E-state index in [1.807, 2.05) is 0 Å². The third kappa shape index (κ3) is 4.85. The van der Waals surface area contributed by atoms with Crippen LogP contribution >= 0.6 is 0 Å². The normalized spacial score (nSPS) is 15.5. The van der Waals surface area contributed by atoms with Crippen molar-refractivity contribution in [3.8, 4) is 0 Å². The Morgan fingerprint density at radius 1 is 1.19 bits per heavy atom. The first kappa shape index (κ1) is 15.5. The summed E-state index contributed by atoms with van der Waals surface area (Å²) in [6.45, 7) is 1.38. The fourth-order valence-corrected chi connectivity index (χ4v) is 2.76. The standard InChI is InChI=1S/C16H21FN2O2/c1-11(20)18-13-7-8-14(17)15(10-13)19-16(21)9-12-5-3-2-4-6-12/h7-8,10,12H,2-6,9H2,1H3,(H,18,20)(H,19,21). The molecule has 1 aromatic carbocycles. The lowest BCUT2D eigenvalue weighted by molar-refractivity contribution is -0.117. The zero-order valence-electron chi connectivity index (χ0n) is 12.2. The molecule has 0 saturated heterocycles. The molecule has 0 unspecified atom stereocenters.